The van der Waals surface area contributed by atoms with E-state index in [0.29, 0.717) is 33.6 Å². The lowest BCUT2D eigenvalue weighted by atomic mass is 10.1. The van der Waals surface area contributed by atoms with Gasteiger partial charge >= 0.3 is 0 Å². The summed E-state index contributed by atoms with van der Waals surface area (Å²) >= 11 is 0. The highest BCUT2D eigenvalue weighted by atomic mass is 16.6. The summed E-state index contributed by atoms with van der Waals surface area (Å²) in [6, 6.07) is 15.8. The summed E-state index contributed by atoms with van der Waals surface area (Å²) in [5, 5.41) is 14.4. The van der Waals surface area contributed by atoms with Crippen LogP contribution in [0.25, 0.3) is 22.3 Å². The number of hydrogen-bond donors (Lipinski definition) is 1. The molecule has 0 saturated heterocycles. The first kappa shape index (κ1) is 21.8. The van der Waals surface area contributed by atoms with Gasteiger partial charge in [-0.05, 0) is 55.3 Å². The van der Waals surface area contributed by atoms with Crippen LogP contribution >= 0.6 is 0 Å². The van der Waals surface area contributed by atoms with Gasteiger partial charge in [0.25, 0.3) is 11.6 Å². The summed E-state index contributed by atoms with van der Waals surface area (Å²) < 4.78 is 11.0. The quantitative estimate of drug-likeness (QED) is 0.333. The maximum Gasteiger partial charge on any atom is 0.296 e. The molecule has 1 aromatic heterocycles. The minimum atomic E-state index is -0.591. The molecule has 0 atom stereocenters. The monoisotopic (exact) mass is 444 g/mol. The summed E-state index contributed by atoms with van der Waals surface area (Å²) in [7, 11) is 1.40. The van der Waals surface area contributed by atoms with E-state index in [9.17, 15) is 19.7 Å². The van der Waals surface area contributed by atoms with Crippen LogP contribution in [0, 0.1) is 24.0 Å². The molecule has 0 aliphatic carbocycles. The molecule has 4 aromatic rings. The van der Waals surface area contributed by atoms with Crippen molar-refractivity contribution < 1.29 is 18.9 Å². The van der Waals surface area contributed by atoms with Gasteiger partial charge in [-0.3, -0.25) is 19.7 Å². The topological polar surface area (TPSA) is 112 Å². The van der Waals surface area contributed by atoms with Gasteiger partial charge in [-0.25, -0.2) is 0 Å². The number of benzene rings is 3. The van der Waals surface area contributed by atoms with Crippen molar-refractivity contribution in [1.29, 1.82) is 0 Å². The zero-order valence-electron chi connectivity index (χ0n) is 18.2. The van der Waals surface area contributed by atoms with Crippen molar-refractivity contribution in [1.82, 2.24) is 0 Å². The zero-order valence-corrected chi connectivity index (χ0v) is 18.2. The van der Waals surface area contributed by atoms with Gasteiger partial charge in [-0.15, -0.1) is 0 Å². The number of fused-ring (bicyclic) bond motifs is 1. The summed E-state index contributed by atoms with van der Waals surface area (Å²) in [6.45, 7) is 3.80. The molecular formula is C25H20N2O6. The number of nitro groups is 1. The second kappa shape index (κ2) is 8.58. The Morgan fingerprint density at radius 3 is 2.42 bits per heavy atom. The van der Waals surface area contributed by atoms with Crippen LogP contribution in [-0.4, -0.2) is 17.9 Å². The third kappa shape index (κ3) is 4.31. The Bertz CT molecular complexity index is 1450. The number of nitro benzene ring substituents is 1. The number of carbonyl (C=O) groups is 1. The zero-order chi connectivity index (χ0) is 23.7. The standard InChI is InChI=1S/C25H20N2O6/c1-14-10-15(2)24-19(11-14)22(28)13-23(33-24)16-4-6-17(7-5-16)25(29)26-20-9-8-18(32-3)12-21(20)27(30)31/h4-13H,1-3H3,(H,26,29). The average Bonchev–Trinajstić information content (AvgIpc) is 2.79. The fraction of sp³-hybridized carbons (Fsp3) is 0.120. The summed E-state index contributed by atoms with van der Waals surface area (Å²) in [5.74, 6) is 0.185. The second-order valence-electron chi connectivity index (χ2n) is 7.61. The molecule has 0 aliphatic rings. The highest BCUT2D eigenvalue weighted by molar-refractivity contribution is 6.05. The van der Waals surface area contributed by atoms with E-state index in [0.717, 1.165) is 11.1 Å². The van der Waals surface area contributed by atoms with Crippen molar-refractivity contribution in [3.63, 3.8) is 0 Å². The van der Waals surface area contributed by atoms with E-state index in [1.54, 1.807) is 30.3 Å². The number of aryl methyl sites for hydroxylation is 2. The van der Waals surface area contributed by atoms with Gasteiger partial charge in [-0.1, -0.05) is 18.2 Å². The Morgan fingerprint density at radius 2 is 1.76 bits per heavy atom. The number of anilines is 1. The number of carbonyl (C=O) groups excluding carboxylic acids is 1. The first-order valence-corrected chi connectivity index (χ1v) is 10.1. The predicted octanol–water partition coefficient (Wildman–Crippen LogP) is 5.25. The SMILES string of the molecule is COc1ccc(NC(=O)c2ccc(-c3cc(=O)c4cc(C)cc(C)c4o3)cc2)c([N+](=O)[O-])c1. The number of amides is 1. The minimum Gasteiger partial charge on any atom is -0.496 e. The predicted molar refractivity (Wildman–Crippen MR) is 125 cm³/mol. The molecule has 0 aliphatic heterocycles. The molecule has 33 heavy (non-hydrogen) atoms. The Morgan fingerprint density at radius 1 is 1.03 bits per heavy atom. The van der Waals surface area contributed by atoms with Crippen molar-refractivity contribution in [3.05, 3.63) is 97.7 Å². The molecule has 1 heterocycles. The van der Waals surface area contributed by atoms with Gasteiger partial charge in [0.15, 0.2) is 5.43 Å². The van der Waals surface area contributed by atoms with E-state index in [1.807, 2.05) is 19.9 Å². The summed E-state index contributed by atoms with van der Waals surface area (Å²) in [4.78, 5) is 36.0. The first-order valence-electron chi connectivity index (χ1n) is 10.1. The molecule has 0 saturated carbocycles. The molecule has 0 spiro atoms. The highest BCUT2D eigenvalue weighted by Gasteiger charge is 2.18. The van der Waals surface area contributed by atoms with Crippen molar-refractivity contribution in [2.75, 3.05) is 12.4 Å². The molecule has 0 radical (unpaired) electrons. The summed E-state index contributed by atoms with van der Waals surface area (Å²) in [6.07, 6.45) is 0. The molecule has 8 nitrogen and oxygen atoms in total. The lowest BCUT2D eigenvalue weighted by Crippen LogP contribution is -2.13. The average molecular weight is 444 g/mol. The number of hydrogen-bond acceptors (Lipinski definition) is 6. The Balaban J connectivity index is 1.62. The van der Waals surface area contributed by atoms with Crippen LogP contribution in [0.2, 0.25) is 0 Å². The molecule has 3 aromatic carbocycles. The van der Waals surface area contributed by atoms with Crippen molar-refractivity contribution in [2.24, 2.45) is 0 Å². The number of rotatable bonds is 5. The molecule has 0 unspecified atom stereocenters. The molecule has 1 N–H and O–H groups in total. The van der Waals surface area contributed by atoms with E-state index in [4.69, 9.17) is 9.15 Å². The number of nitrogens with one attached hydrogen (secondary N) is 1. The van der Waals surface area contributed by atoms with Gasteiger partial charge in [0, 0.05) is 17.2 Å². The normalized spacial score (nSPS) is 10.8. The van der Waals surface area contributed by atoms with Crippen molar-refractivity contribution in [2.45, 2.75) is 13.8 Å². The van der Waals surface area contributed by atoms with Crippen LogP contribution < -0.4 is 15.5 Å². The fourth-order valence-corrected chi connectivity index (χ4v) is 3.63. The first-order chi connectivity index (χ1) is 15.8. The summed E-state index contributed by atoms with van der Waals surface area (Å²) in [5.41, 5.74) is 2.92. The molecular weight excluding hydrogens is 424 g/mol. The molecule has 0 fully saturated rings. The van der Waals surface area contributed by atoms with Crippen LogP contribution in [0.4, 0.5) is 11.4 Å². The smallest absolute Gasteiger partial charge is 0.296 e. The maximum absolute atomic E-state index is 12.7. The minimum absolute atomic E-state index is 0.0566. The highest BCUT2D eigenvalue weighted by Crippen LogP contribution is 2.30. The van der Waals surface area contributed by atoms with Gasteiger partial charge in [-0.2, -0.15) is 0 Å². The van der Waals surface area contributed by atoms with Crippen LogP contribution in [0.15, 0.2) is 69.9 Å². The van der Waals surface area contributed by atoms with Crippen LogP contribution in [-0.2, 0) is 0 Å². The Hall–Kier alpha value is -4.46. The lowest BCUT2D eigenvalue weighted by molar-refractivity contribution is -0.384. The second-order valence-corrected chi connectivity index (χ2v) is 7.61. The number of nitrogens with zero attached hydrogens (tertiary/aromatic N) is 1. The lowest BCUT2D eigenvalue weighted by Gasteiger charge is -2.09. The van der Waals surface area contributed by atoms with E-state index in [2.05, 4.69) is 5.32 Å². The van der Waals surface area contributed by atoms with Gasteiger partial charge in [0.1, 0.15) is 22.8 Å². The molecule has 1 amide bonds. The Kier molecular flexibility index (Phi) is 5.66. The molecule has 4 rings (SSSR count). The molecule has 0 bridgehead atoms. The van der Waals surface area contributed by atoms with E-state index < -0.39 is 10.8 Å². The third-order valence-electron chi connectivity index (χ3n) is 5.24. The van der Waals surface area contributed by atoms with Crippen molar-refractivity contribution in [3.8, 4) is 17.1 Å². The third-order valence-corrected chi connectivity index (χ3v) is 5.24. The van der Waals surface area contributed by atoms with E-state index in [1.165, 1.54) is 31.4 Å². The molecule has 166 valence electrons. The van der Waals surface area contributed by atoms with Crippen molar-refractivity contribution >= 4 is 28.3 Å². The number of ether oxygens (including phenoxy) is 1. The van der Waals surface area contributed by atoms with E-state index >= 15 is 0 Å². The van der Waals surface area contributed by atoms with E-state index in [-0.39, 0.29) is 16.8 Å². The number of methoxy groups -OCH3 is 1. The van der Waals surface area contributed by atoms with Gasteiger partial charge in [0.05, 0.1) is 23.5 Å². The van der Waals surface area contributed by atoms with Gasteiger partial charge < -0.3 is 14.5 Å². The van der Waals surface area contributed by atoms with Crippen LogP contribution in [0.1, 0.15) is 21.5 Å². The fourth-order valence-electron chi connectivity index (χ4n) is 3.63. The molecule has 8 heteroatoms. The maximum atomic E-state index is 12.7. The van der Waals surface area contributed by atoms with Crippen LogP contribution in [0.3, 0.4) is 0 Å². The Labute approximate surface area is 188 Å². The largest absolute Gasteiger partial charge is 0.496 e. The van der Waals surface area contributed by atoms with Gasteiger partial charge in [0.2, 0.25) is 0 Å². The van der Waals surface area contributed by atoms with Crippen LogP contribution in [0.5, 0.6) is 5.75 Å².